The molecule has 0 aromatic rings. The Morgan fingerprint density at radius 1 is 0.500 bits per heavy atom. The van der Waals surface area contributed by atoms with Gasteiger partial charge >= 0.3 is 0 Å². The minimum atomic E-state index is -0.318. The molecule has 4 aliphatic rings. The predicted molar refractivity (Wildman–Crippen MR) is 116 cm³/mol. The molecule has 174 valence electrons. The van der Waals surface area contributed by atoms with E-state index in [0.29, 0.717) is 5.92 Å². The van der Waals surface area contributed by atoms with Crippen LogP contribution in [-0.2, 0) is 4.74 Å². The molecule has 5 heteroatoms. The fraction of sp³-hybridized carbons (Fsp3) is 1.00. The summed E-state index contributed by atoms with van der Waals surface area (Å²) < 4.78 is 6.42. The summed E-state index contributed by atoms with van der Waals surface area (Å²) in [7, 11) is 0. The Labute approximate surface area is 182 Å². The highest BCUT2D eigenvalue weighted by Crippen LogP contribution is 2.44. The Hall–Kier alpha value is -0.200. The minimum absolute atomic E-state index is 0.0936. The van der Waals surface area contributed by atoms with Gasteiger partial charge in [0.05, 0.1) is 36.6 Å². The van der Waals surface area contributed by atoms with E-state index in [1.165, 1.54) is 6.42 Å². The lowest BCUT2D eigenvalue weighted by atomic mass is 9.65. The van der Waals surface area contributed by atoms with Gasteiger partial charge in [0, 0.05) is 0 Å². The Kier molecular flexibility index (Phi) is 8.13. The van der Waals surface area contributed by atoms with E-state index in [0.717, 1.165) is 95.8 Å². The summed E-state index contributed by atoms with van der Waals surface area (Å²) in [4.78, 5) is 0. The van der Waals surface area contributed by atoms with Crippen molar-refractivity contribution in [2.45, 2.75) is 133 Å². The van der Waals surface area contributed by atoms with Gasteiger partial charge < -0.3 is 25.2 Å². The second-order valence-corrected chi connectivity index (χ2v) is 11.1. The third-order valence-electron chi connectivity index (χ3n) is 8.85. The van der Waals surface area contributed by atoms with Gasteiger partial charge in [0.2, 0.25) is 0 Å². The molecule has 0 aromatic carbocycles. The van der Waals surface area contributed by atoms with Crippen LogP contribution in [0.15, 0.2) is 0 Å². The number of hydrogen-bond acceptors (Lipinski definition) is 5. The molecule has 0 aliphatic heterocycles. The maximum atomic E-state index is 10.8. The molecule has 4 aliphatic carbocycles. The molecule has 4 saturated carbocycles. The van der Waals surface area contributed by atoms with E-state index in [2.05, 4.69) is 0 Å². The van der Waals surface area contributed by atoms with Gasteiger partial charge in [-0.25, -0.2) is 0 Å². The predicted octanol–water partition coefficient (Wildman–Crippen LogP) is 3.55. The van der Waals surface area contributed by atoms with Crippen LogP contribution in [0.4, 0.5) is 0 Å². The molecule has 0 heterocycles. The highest BCUT2D eigenvalue weighted by molar-refractivity contribution is 4.92. The van der Waals surface area contributed by atoms with Gasteiger partial charge in [-0.15, -0.1) is 0 Å². The van der Waals surface area contributed by atoms with E-state index in [9.17, 15) is 20.4 Å². The van der Waals surface area contributed by atoms with Crippen molar-refractivity contribution in [2.75, 3.05) is 0 Å². The molecule has 4 fully saturated rings. The third kappa shape index (κ3) is 5.98. The smallest absolute Gasteiger partial charge is 0.0583 e. The van der Waals surface area contributed by atoms with Crippen molar-refractivity contribution >= 4 is 0 Å². The topological polar surface area (TPSA) is 90.2 Å². The average Bonchev–Trinajstić information content (AvgIpc) is 2.74. The van der Waals surface area contributed by atoms with Crippen LogP contribution in [0.3, 0.4) is 0 Å². The summed E-state index contributed by atoms with van der Waals surface area (Å²) in [6.07, 6.45) is 14.1. The van der Waals surface area contributed by atoms with E-state index in [4.69, 9.17) is 4.74 Å². The molecule has 0 spiro atoms. The van der Waals surface area contributed by atoms with Gasteiger partial charge in [-0.1, -0.05) is 0 Å². The molecule has 6 unspecified atom stereocenters. The molecule has 5 nitrogen and oxygen atoms in total. The average molecular weight is 425 g/mol. The van der Waals surface area contributed by atoms with E-state index >= 15 is 0 Å². The Morgan fingerprint density at radius 2 is 1.00 bits per heavy atom. The molecular weight excluding hydrogens is 380 g/mol. The van der Waals surface area contributed by atoms with E-state index in [1.54, 1.807) is 0 Å². The zero-order chi connectivity index (χ0) is 21.1. The second kappa shape index (κ2) is 10.6. The van der Waals surface area contributed by atoms with E-state index < -0.39 is 0 Å². The maximum absolute atomic E-state index is 10.8. The summed E-state index contributed by atoms with van der Waals surface area (Å²) in [5, 5.41) is 41.1. The number of ether oxygens (including phenoxy) is 1. The fourth-order valence-electron chi connectivity index (χ4n) is 6.99. The van der Waals surface area contributed by atoms with Gasteiger partial charge in [0.1, 0.15) is 0 Å². The Balaban J connectivity index is 1.30. The second-order valence-electron chi connectivity index (χ2n) is 11.1. The lowest BCUT2D eigenvalue weighted by molar-refractivity contribution is -0.113. The van der Waals surface area contributed by atoms with Crippen LogP contribution in [0.5, 0.6) is 0 Å². The fourth-order valence-corrected chi connectivity index (χ4v) is 6.99. The zero-order valence-electron chi connectivity index (χ0n) is 18.6. The Bertz CT molecular complexity index is 466. The largest absolute Gasteiger partial charge is 0.393 e. The van der Waals surface area contributed by atoms with Crippen molar-refractivity contribution in [3.8, 4) is 0 Å². The summed E-state index contributed by atoms with van der Waals surface area (Å²) in [5.41, 5.74) is 0. The van der Waals surface area contributed by atoms with E-state index in [-0.39, 0.29) is 48.5 Å². The molecular formula is C25H44O5. The standard InChI is InChI=1S/C25H44O5/c26-18-4-1-16(2-5-18)13-17-3-11-24(28)22(14-17)23-15-21(10-12-25(23)29)30-20-8-6-19(27)7-9-20/h16-29H,1-15H2. The van der Waals surface area contributed by atoms with Gasteiger partial charge in [-0.2, -0.15) is 0 Å². The van der Waals surface area contributed by atoms with Crippen molar-refractivity contribution < 1.29 is 25.2 Å². The van der Waals surface area contributed by atoms with Gasteiger partial charge in [0.25, 0.3) is 0 Å². The molecule has 30 heavy (non-hydrogen) atoms. The van der Waals surface area contributed by atoms with Gasteiger partial charge in [-0.05, 0) is 120 Å². The first kappa shape index (κ1) is 23.0. The Morgan fingerprint density at radius 3 is 1.67 bits per heavy atom. The molecule has 4 N–H and O–H groups in total. The van der Waals surface area contributed by atoms with Gasteiger partial charge in [-0.3, -0.25) is 0 Å². The minimum Gasteiger partial charge on any atom is -0.393 e. The highest BCUT2D eigenvalue weighted by Gasteiger charge is 2.42. The van der Waals surface area contributed by atoms with E-state index in [1.807, 2.05) is 0 Å². The zero-order valence-corrected chi connectivity index (χ0v) is 18.6. The molecule has 0 aromatic heterocycles. The summed E-state index contributed by atoms with van der Waals surface area (Å²) >= 11 is 0. The maximum Gasteiger partial charge on any atom is 0.0583 e. The van der Waals surface area contributed by atoms with Crippen LogP contribution < -0.4 is 0 Å². The summed E-state index contributed by atoms with van der Waals surface area (Å²) in [6, 6.07) is 0. The SMILES string of the molecule is OC1CCC(CC2CCC(O)C(C3CC(OC4CCC(O)CC4)CCC3O)C2)CC1. The monoisotopic (exact) mass is 424 g/mol. The van der Waals surface area contributed by atoms with Crippen LogP contribution in [0, 0.1) is 23.7 Å². The van der Waals surface area contributed by atoms with Gasteiger partial charge in [0.15, 0.2) is 0 Å². The number of rotatable bonds is 5. The first-order valence-corrected chi connectivity index (χ1v) is 12.9. The first-order chi connectivity index (χ1) is 14.5. The van der Waals surface area contributed by atoms with Crippen LogP contribution in [0.2, 0.25) is 0 Å². The quantitative estimate of drug-likeness (QED) is 0.542. The van der Waals surface area contributed by atoms with Crippen LogP contribution in [-0.4, -0.2) is 57.0 Å². The summed E-state index contributed by atoms with van der Waals surface area (Å²) in [6.45, 7) is 0. The molecule has 0 saturated heterocycles. The van der Waals surface area contributed by atoms with Crippen LogP contribution in [0.25, 0.3) is 0 Å². The van der Waals surface area contributed by atoms with Crippen LogP contribution in [0.1, 0.15) is 96.3 Å². The van der Waals surface area contributed by atoms with Crippen molar-refractivity contribution in [3.05, 3.63) is 0 Å². The van der Waals surface area contributed by atoms with Crippen LogP contribution >= 0.6 is 0 Å². The molecule has 0 bridgehead atoms. The summed E-state index contributed by atoms with van der Waals surface area (Å²) in [5.74, 6) is 1.70. The normalized spacial score (nSPS) is 48.4. The van der Waals surface area contributed by atoms with Crippen molar-refractivity contribution in [2.24, 2.45) is 23.7 Å². The number of aliphatic hydroxyl groups is 4. The third-order valence-corrected chi connectivity index (χ3v) is 8.85. The molecule has 0 radical (unpaired) electrons. The lowest BCUT2D eigenvalue weighted by Gasteiger charge is -2.45. The van der Waals surface area contributed by atoms with Crippen molar-refractivity contribution in [3.63, 3.8) is 0 Å². The molecule has 4 rings (SSSR count). The number of aliphatic hydroxyl groups excluding tert-OH is 4. The van der Waals surface area contributed by atoms with Crippen molar-refractivity contribution in [1.82, 2.24) is 0 Å². The molecule has 6 atom stereocenters. The number of hydrogen-bond donors (Lipinski definition) is 4. The highest BCUT2D eigenvalue weighted by atomic mass is 16.5. The lowest BCUT2D eigenvalue weighted by Crippen LogP contribution is -2.45. The molecule has 0 amide bonds. The van der Waals surface area contributed by atoms with Crippen molar-refractivity contribution in [1.29, 1.82) is 0 Å². The first-order valence-electron chi connectivity index (χ1n) is 12.9.